The fraction of sp³-hybridized carbons (Fsp3) is 0.318. The molecule has 6 nitrogen and oxygen atoms in total. The highest BCUT2D eigenvalue weighted by Gasteiger charge is 2.11. The first-order valence-electron chi connectivity index (χ1n) is 9.51. The van der Waals surface area contributed by atoms with E-state index in [1.54, 1.807) is 18.2 Å². The van der Waals surface area contributed by atoms with E-state index in [1.807, 2.05) is 39.0 Å². The Bertz CT molecular complexity index is 892. The summed E-state index contributed by atoms with van der Waals surface area (Å²) in [6, 6.07) is 10.8. The number of thiocarbonyl (C=S) groups is 1. The standard InChI is InChI=1S/C22H27N3O3S/c1-5-6-7-20(26)24-18-9-8-17(13-19(18)28-4)23-22(29)25-21(27)16-11-14(2)10-15(3)12-16/h8-13H,5-7H2,1-4H3,(H,24,26)(H2,23,25,27,29). The first-order valence-corrected chi connectivity index (χ1v) is 9.91. The number of ether oxygens (including phenoxy) is 1. The smallest absolute Gasteiger partial charge is 0.257 e. The summed E-state index contributed by atoms with van der Waals surface area (Å²) in [5, 5.41) is 8.67. The molecular formula is C22H27N3O3S. The normalized spacial score (nSPS) is 10.2. The van der Waals surface area contributed by atoms with E-state index in [0.29, 0.717) is 29.1 Å². The Labute approximate surface area is 177 Å². The van der Waals surface area contributed by atoms with Crippen molar-refractivity contribution < 1.29 is 14.3 Å². The van der Waals surface area contributed by atoms with Crippen molar-refractivity contribution in [2.24, 2.45) is 0 Å². The average Bonchev–Trinajstić information content (AvgIpc) is 2.66. The lowest BCUT2D eigenvalue weighted by molar-refractivity contribution is -0.116. The molecule has 0 spiro atoms. The number of anilines is 2. The molecule has 2 amide bonds. The zero-order valence-electron chi connectivity index (χ0n) is 17.2. The minimum Gasteiger partial charge on any atom is -0.494 e. The van der Waals surface area contributed by atoms with Gasteiger partial charge in [0, 0.05) is 23.7 Å². The number of benzene rings is 2. The molecule has 0 radical (unpaired) electrons. The molecule has 0 atom stereocenters. The number of carbonyl (C=O) groups excluding carboxylic acids is 2. The summed E-state index contributed by atoms with van der Waals surface area (Å²) in [6.45, 7) is 5.92. The van der Waals surface area contributed by atoms with Crippen LogP contribution in [0.4, 0.5) is 11.4 Å². The second kappa shape index (κ2) is 10.6. The van der Waals surface area contributed by atoms with Crippen LogP contribution in [0.5, 0.6) is 5.75 Å². The Morgan fingerprint density at radius 1 is 1.03 bits per heavy atom. The molecule has 7 heteroatoms. The predicted octanol–water partition coefficient (Wildman–Crippen LogP) is 4.57. The maximum Gasteiger partial charge on any atom is 0.257 e. The molecule has 0 saturated heterocycles. The van der Waals surface area contributed by atoms with Crippen LogP contribution in [-0.4, -0.2) is 24.0 Å². The monoisotopic (exact) mass is 413 g/mol. The summed E-state index contributed by atoms with van der Waals surface area (Å²) in [4.78, 5) is 24.4. The van der Waals surface area contributed by atoms with Crippen LogP contribution in [0.2, 0.25) is 0 Å². The van der Waals surface area contributed by atoms with Crippen molar-refractivity contribution in [1.82, 2.24) is 5.32 Å². The van der Waals surface area contributed by atoms with E-state index in [2.05, 4.69) is 16.0 Å². The fourth-order valence-corrected chi connectivity index (χ4v) is 3.08. The summed E-state index contributed by atoms with van der Waals surface area (Å²) in [5.74, 6) is 0.173. The van der Waals surface area contributed by atoms with Crippen molar-refractivity contribution in [2.45, 2.75) is 40.0 Å². The molecule has 0 aliphatic rings. The van der Waals surface area contributed by atoms with Gasteiger partial charge >= 0.3 is 0 Å². The number of rotatable bonds is 7. The number of aryl methyl sites for hydroxylation is 2. The molecule has 0 aliphatic heterocycles. The van der Waals surface area contributed by atoms with Crippen LogP contribution in [0.25, 0.3) is 0 Å². The number of amides is 2. The highest BCUT2D eigenvalue weighted by Crippen LogP contribution is 2.28. The van der Waals surface area contributed by atoms with Crippen LogP contribution in [0.15, 0.2) is 36.4 Å². The summed E-state index contributed by atoms with van der Waals surface area (Å²) >= 11 is 5.25. The fourth-order valence-electron chi connectivity index (χ4n) is 2.87. The van der Waals surface area contributed by atoms with Crippen molar-refractivity contribution in [2.75, 3.05) is 17.7 Å². The molecule has 0 unspecified atom stereocenters. The van der Waals surface area contributed by atoms with E-state index in [9.17, 15) is 9.59 Å². The van der Waals surface area contributed by atoms with Gasteiger partial charge in [0.15, 0.2) is 5.11 Å². The Morgan fingerprint density at radius 2 is 1.72 bits per heavy atom. The molecule has 0 aromatic heterocycles. The molecule has 29 heavy (non-hydrogen) atoms. The van der Waals surface area contributed by atoms with E-state index in [4.69, 9.17) is 17.0 Å². The molecule has 154 valence electrons. The van der Waals surface area contributed by atoms with Crippen LogP contribution in [0.1, 0.15) is 47.7 Å². The molecule has 0 heterocycles. The Hall–Kier alpha value is -2.93. The van der Waals surface area contributed by atoms with Gasteiger partial charge in [-0.2, -0.15) is 0 Å². The molecule has 3 N–H and O–H groups in total. The quantitative estimate of drug-likeness (QED) is 0.580. The largest absolute Gasteiger partial charge is 0.494 e. The van der Waals surface area contributed by atoms with E-state index in [-0.39, 0.29) is 16.9 Å². The third kappa shape index (κ3) is 6.87. The van der Waals surface area contributed by atoms with Gasteiger partial charge in [-0.1, -0.05) is 30.5 Å². The first kappa shape index (κ1) is 22.4. The van der Waals surface area contributed by atoms with Crippen LogP contribution < -0.4 is 20.7 Å². The van der Waals surface area contributed by atoms with Crippen LogP contribution in [0.3, 0.4) is 0 Å². The van der Waals surface area contributed by atoms with Gasteiger partial charge < -0.3 is 15.4 Å². The van der Waals surface area contributed by atoms with Gasteiger partial charge in [-0.3, -0.25) is 14.9 Å². The van der Waals surface area contributed by atoms with Gasteiger partial charge in [0.25, 0.3) is 5.91 Å². The van der Waals surface area contributed by atoms with E-state index < -0.39 is 0 Å². The molecule has 0 aliphatic carbocycles. The lowest BCUT2D eigenvalue weighted by atomic mass is 10.1. The van der Waals surface area contributed by atoms with Gasteiger partial charge in [-0.05, 0) is 56.8 Å². The van der Waals surface area contributed by atoms with Gasteiger partial charge in [0.1, 0.15) is 5.75 Å². The Kier molecular flexibility index (Phi) is 8.15. The molecule has 0 fully saturated rings. The van der Waals surface area contributed by atoms with Gasteiger partial charge in [-0.25, -0.2) is 0 Å². The van der Waals surface area contributed by atoms with Crippen molar-refractivity contribution in [3.63, 3.8) is 0 Å². The minimum absolute atomic E-state index is 0.0536. The second-order valence-electron chi connectivity index (χ2n) is 6.85. The zero-order valence-corrected chi connectivity index (χ0v) is 18.0. The van der Waals surface area contributed by atoms with Gasteiger partial charge in [0.05, 0.1) is 12.8 Å². The van der Waals surface area contributed by atoms with Gasteiger partial charge in [0.2, 0.25) is 5.91 Å². The summed E-state index contributed by atoms with van der Waals surface area (Å²) in [7, 11) is 1.53. The molecular weight excluding hydrogens is 386 g/mol. The third-order valence-electron chi connectivity index (χ3n) is 4.20. The lowest BCUT2D eigenvalue weighted by Gasteiger charge is -2.14. The Morgan fingerprint density at radius 3 is 2.34 bits per heavy atom. The SMILES string of the molecule is CCCCC(=O)Nc1ccc(NC(=S)NC(=O)c2cc(C)cc(C)c2)cc1OC. The second-order valence-corrected chi connectivity index (χ2v) is 7.26. The number of methoxy groups -OCH3 is 1. The minimum atomic E-state index is -0.277. The number of hydrogen-bond acceptors (Lipinski definition) is 4. The van der Waals surface area contributed by atoms with Gasteiger partial charge in [-0.15, -0.1) is 0 Å². The van der Waals surface area contributed by atoms with E-state index in [1.165, 1.54) is 7.11 Å². The van der Waals surface area contributed by atoms with Crippen molar-refractivity contribution >= 4 is 40.5 Å². The topological polar surface area (TPSA) is 79.5 Å². The van der Waals surface area contributed by atoms with Crippen molar-refractivity contribution in [3.05, 3.63) is 53.1 Å². The molecule has 0 saturated carbocycles. The zero-order chi connectivity index (χ0) is 21.4. The summed E-state index contributed by atoms with van der Waals surface area (Å²) in [6.07, 6.45) is 2.26. The maximum atomic E-state index is 12.4. The highest BCUT2D eigenvalue weighted by atomic mass is 32.1. The summed E-state index contributed by atoms with van der Waals surface area (Å²) in [5.41, 5.74) is 3.79. The van der Waals surface area contributed by atoms with Crippen LogP contribution >= 0.6 is 12.2 Å². The number of hydrogen-bond donors (Lipinski definition) is 3. The number of carbonyl (C=O) groups is 2. The molecule has 0 bridgehead atoms. The maximum absolute atomic E-state index is 12.4. The molecule has 2 rings (SSSR count). The number of nitrogens with one attached hydrogen (secondary N) is 3. The van der Waals surface area contributed by atoms with Crippen molar-refractivity contribution in [3.8, 4) is 5.75 Å². The van der Waals surface area contributed by atoms with Crippen LogP contribution in [-0.2, 0) is 4.79 Å². The van der Waals surface area contributed by atoms with Crippen molar-refractivity contribution in [1.29, 1.82) is 0 Å². The predicted molar refractivity (Wildman–Crippen MR) is 121 cm³/mol. The number of unbranched alkanes of at least 4 members (excludes halogenated alkanes) is 1. The lowest BCUT2D eigenvalue weighted by Crippen LogP contribution is -2.34. The highest BCUT2D eigenvalue weighted by molar-refractivity contribution is 7.80. The summed E-state index contributed by atoms with van der Waals surface area (Å²) < 4.78 is 5.36. The first-order chi connectivity index (χ1) is 13.8. The van der Waals surface area contributed by atoms with Crippen LogP contribution in [0, 0.1) is 13.8 Å². The third-order valence-corrected chi connectivity index (χ3v) is 4.41. The Balaban J connectivity index is 2.02. The molecule has 2 aromatic carbocycles. The van der Waals surface area contributed by atoms with E-state index >= 15 is 0 Å². The van der Waals surface area contributed by atoms with E-state index in [0.717, 1.165) is 24.0 Å². The average molecular weight is 414 g/mol. The molecule has 2 aromatic rings.